The molecule has 0 spiro atoms. The van der Waals surface area contributed by atoms with Crippen LogP contribution in [-0.4, -0.2) is 17.6 Å². The molecule has 0 bridgehead atoms. The number of hydrogen-bond donors (Lipinski definition) is 0. The highest BCUT2D eigenvalue weighted by molar-refractivity contribution is 5.93. The Kier molecular flexibility index (Phi) is 3.79. The molecule has 3 heteroatoms. The quantitative estimate of drug-likeness (QED) is 0.676. The SMILES string of the molecule is COC(=O)c1c(C)c(-c2ccccc2)cn1-c1ccccc1. The van der Waals surface area contributed by atoms with Crippen LogP contribution in [0.4, 0.5) is 0 Å². The van der Waals surface area contributed by atoms with Gasteiger partial charge in [-0.1, -0.05) is 48.5 Å². The van der Waals surface area contributed by atoms with Gasteiger partial charge < -0.3 is 9.30 Å². The maximum atomic E-state index is 12.2. The number of esters is 1. The first kappa shape index (κ1) is 14.1. The molecular weight excluding hydrogens is 274 g/mol. The van der Waals surface area contributed by atoms with E-state index >= 15 is 0 Å². The molecule has 110 valence electrons. The van der Waals surface area contributed by atoms with Crippen molar-refractivity contribution in [2.45, 2.75) is 6.92 Å². The number of rotatable bonds is 3. The van der Waals surface area contributed by atoms with Crippen LogP contribution in [0.5, 0.6) is 0 Å². The van der Waals surface area contributed by atoms with Crippen molar-refractivity contribution in [1.82, 2.24) is 4.57 Å². The van der Waals surface area contributed by atoms with Gasteiger partial charge in [0.2, 0.25) is 0 Å². The van der Waals surface area contributed by atoms with Crippen molar-refractivity contribution in [2.24, 2.45) is 0 Å². The van der Waals surface area contributed by atoms with Gasteiger partial charge in [0, 0.05) is 17.4 Å². The van der Waals surface area contributed by atoms with E-state index in [9.17, 15) is 4.79 Å². The van der Waals surface area contributed by atoms with Gasteiger partial charge in [-0.25, -0.2) is 4.79 Å². The summed E-state index contributed by atoms with van der Waals surface area (Å²) in [6, 6.07) is 19.9. The van der Waals surface area contributed by atoms with Crippen molar-refractivity contribution in [3.8, 4) is 16.8 Å². The number of benzene rings is 2. The predicted molar refractivity (Wildman–Crippen MR) is 87.3 cm³/mol. The lowest BCUT2D eigenvalue weighted by molar-refractivity contribution is 0.0591. The lowest BCUT2D eigenvalue weighted by Gasteiger charge is -2.08. The number of ether oxygens (including phenoxy) is 1. The minimum absolute atomic E-state index is 0.330. The van der Waals surface area contributed by atoms with Crippen molar-refractivity contribution in [3.63, 3.8) is 0 Å². The fourth-order valence-electron chi connectivity index (χ4n) is 2.65. The first-order valence-electron chi connectivity index (χ1n) is 7.13. The summed E-state index contributed by atoms with van der Waals surface area (Å²) in [7, 11) is 1.41. The number of nitrogens with zero attached hydrogens (tertiary/aromatic N) is 1. The van der Waals surface area contributed by atoms with Gasteiger partial charge in [-0.15, -0.1) is 0 Å². The van der Waals surface area contributed by atoms with Gasteiger partial charge in [-0.3, -0.25) is 0 Å². The molecule has 22 heavy (non-hydrogen) atoms. The molecule has 0 unspecified atom stereocenters. The molecule has 0 fully saturated rings. The van der Waals surface area contributed by atoms with E-state index in [0.717, 1.165) is 22.4 Å². The zero-order valence-electron chi connectivity index (χ0n) is 12.6. The zero-order chi connectivity index (χ0) is 15.5. The van der Waals surface area contributed by atoms with Crippen LogP contribution in [0, 0.1) is 6.92 Å². The third-order valence-corrected chi connectivity index (χ3v) is 3.76. The Morgan fingerprint density at radius 2 is 1.55 bits per heavy atom. The number of carbonyl (C=O) groups excluding carboxylic acids is 1. The van der Waals surface area contributed by atoms with E-state index in [4.69, 9.17) is 4.74 Å². The molecule has 0 atom stereocenters. The second-order valence-corrected chi connectivity index (χ2v) is 5.08. The largest absolute Gasteiger partial charge is 0.464 e. The highest BCUT2D eigenvalue weighted by atomic mass is 16.5. The first-order valence-corrected chi connectivity index (χ1v) is 7.13. The smallest absolute Gasteiger partial charge is 0.355 e. The van der Waals surface area contributed by atoms with Crippen LogP contribution in [0.3, 0.4) is 0 Å². The zero-order valence-corrected chi connectivity index (χ0v) is 12.6. The van der Waals surface area contributed by atoms with Crippen LogP contribution in [0.2, 0.25) is 0 Å². The molecule has 2 aromatic carbocycles. The third-order valence-electron chi connectivity index (χ3n) is 3.76. The summed E-state index contributed by atoms with van der Waals surface area (Å²) in [4.78, 5) is 12.2. The van der Waals surface area contributed by atoms with Gasteiger partial charge in [-0.05, 0) is 30.2 Å². The molecule has 0 aliphatic heterocycles. The molecule has 0 saturated carbocycles. The molecular formula is C19H17NO2. The average Bonchev–Trinajstić information content (AvgIpc) is 2.93. The Labute approximate surface area is 129 Å². The molecule has 0 saturated heterocycles. The van der Waals surface area contributed by atoms with E-state index < -0.39 is 0 Å². The van der Waals surface area contributed by atoms with Crippen LogP contribution in [0.15, 0.2) is 66.9 Å². The van der Waals surface area contributed by atoms with E-state index in [2.05, 4.69) is 0 Å². The minimum Gasteiger partial charge on any atom is -0.464 e. The molecule has 3 aromatic rings. The molecule has 3 nitrogen and oxygen atoms in total. The number of methoxy groups -OCH3 is 1. The van der Waals surface area contributed by atoms with Crippen LogP contribution >= 0.6 is 0 Å². The van der Waals surface area contributed by atoms with Gasteiger partial charge in [0.05, 0.1) is 7.11 Å². The number of carbonyl (C=O) groups is 1. The summed E-state index contributed by atoms with van der Waals surface area (Å²) in [5.41, 5.74) is 4.53. The maximum Gasteiger partial charge on any atom is 0.355 e. The average molecular weight is 291 g/mol. The molecule has 0 radical (unpaired) electrons. The molecule has 3 rings (SSSR count). The van der Waals surface area contributed by atoms with Gasteiger partial charge in [0.1, 0.15) is 5.69 Å². The van der Waals surface area contributed by atoms with E-state index in [1.54, 1.807) is 0 Å². The number of hydrogen-bond acceptors (Lipinski definition) is 2. The topological polar surface area (TPSA) is 31.2 Å². The van der Waals surface area contributed by atoms with Crippen molar-refractivity contribution in [1.29, 1.82) is 0 Å². The Balaban J connectivity index is 2.23. The Morgan fingerprint density at radius 1 is 0.955 bits per heavy atom. The monoisotopic (exact) mass is 291 g/mol. The Bertz CT molecular complexity index is 789. The van der Waals surface area contributed by atoms with E-state index in [0.29, 0.717) is 5.69 Å². The highest BCUT2D eigenvalue weighted by Crippen LogP contribution is 2.30. The fourth-order valence-corrected chi connectivity index (χ4v) is 2.65. The van der Waals surface area contributed by atoms with Crippen LogP contribution in [-0.2, 0) is 4.74 Å². The summed E-state index contributed by atoms with van der Waals surface area (Å²) >= 11 is 0. The fraction of sp³-hybridized carbons (Fsp3) is 0.105. The van der Waals surface area contributed by atoms with E-state index in [1.165, 1.54) is 7.11 Å². The van der Waals surface area contributed by atoms with Gasteiger partial charge >= 0.3 is 5.97 Å². The van der Waals surface area contributed by atoms with Gasteiger partial charge in [-0.2, -0.15) is 0 Å². The number of aromatic nitrogens is 1. The van der Waals surface area contributed by atoms with Crippen molar-refractivity contribution < 1.29 is 9.53 Å². The van der Waals surface area contributed by atoms with Crippen molar-refractivity contribution in [2.75, 3.05) is 7.11 Å². The maximum absolute atomic E-state index is 12.2. The lowest BCUT2D eigenvalue weighted by atomic mass is 10.0. The normalized spacial score (nSPS) is 10.5. The van der Waals surface area contributed by atoms with E-state index in [-0.39, 0.29) is 5.97 Å². The summed E-state index contributed by atoms with van der Waals surface area (Å²) in [5, 5.41) is 0. The third kappa shape index (κ3) is 2.42. The first-order chi connectivity index (χ1) is 10.7. The summed E-state index contributed by atoms with van der Waals surface area (Å²) in [6.45, 7) is 1.95. The molecule has 0 aliphatic rings. The predicted octanol–water partition coefficient (Wildman–Crippen LogP) is 4.24. The minimum atomic E-state index is -0.330. The van der Waals surface area contributed by atoms with Crippen LogP contribution < -0.4 is 0 Å². The second kappa shape index (κ2) is 5.90. The lowest BCUT2D eigenvalue weighted by Crippen LogP contribution is -2.10. The highest BCUT2D eigenvalue weighted by Gasteiger charge is 2.21. The van der Waals surface area contributed by atoms with E-state index in [1.807, 2.05) is 78.4 Å². The molecule has 0 N–H and O–H groups in total. The summed E-state index contributed by atoms with van der Waals surface area (Å²) in [5.74, 6) is -0.330. The molecule has 1 aromatic heterocycles. The van der Waals surface area contributed by atoms with Crippen molar-refractivity contribution in [3.05, 3.63) is 78.1 Å². The molecule has 0 amide bonds. The second-order valence-electron chi connectivity index (χ2n) is 5.08. The van der Waals surface area contributed by atoms with Crippen LogP contribution in [0.25, 0.3) is 16.8 Å². The molecule has 0 aliphatic carbocycles. The summed E-state index contributed by atoms with van der Waals surface area (Å²) < 4.78 is 6.86. The number of para-hydroxylation sites is 1. The van der Waals surface area contributed by atoms with Crippen LogP contribution in [0.1, 0.15) is 16.1 Å². The van der Waals surface area contributed by atoms with Gasteiger partial charge in [0.15, 0.2) is 0 Å². The standard InChI is InChI=1S/C19H17NO2/c1-14-17(15-9-5-3-6-10-15)13-20(18(14)19(21)22-2)16-11-7-4-8-12-16/h3-13H,1-2H3. The molecule has 1 heterocycles. The Hall–Kier alpha value is -2.81. The summed E-state index contributed by atoms with van der Waals surface area (Å²) in [6.07, 6.45) is 1.99. The Morgan fingerprint density at radius 3 is 2.14 bits per heavy atom. The van der Waals surface area contributed by atoms with Crippen molar-refractivity contribution >= 4 is 5.97 Å². The van der Waals surface area contributed by atoms with Gasteiger partial charge in [0.25, 0.3) is 0 Å².